The van der Waals surface area contributed by atoms with Gasteiger partial charge in [0.05, 0.1) is 28.6 Å². The fraction of sp³-hybridized carbons (Fsp3) is 0.500. The van der Waals surface area contributed by atoms with Crippen LogP contribution in [0.3, 0.4) is 0 Å². The van der Waals surface area contributed by atoms with Crippen LogP contribution in [0.25, 0.3) is 11.0 Å². The van der Waals surface area contributed by atoms with E-state index in [4.69, 9.17) is 11.6 Å². The summed E-state index contributed by atoms with van der Waals surface area (Å²) in [5.41, 5.74) is 3.09. The van der Waals surface area contributed by atoms with Crippen LogP contribution in [0.4, 0.5) is 0 Å². The highest BCUT2D eigenvalue weighted by Crippen LogP contribution is 2.30. The summed E-state index contributed by atoms with van der Waals surface area (Å²) in [6, 6.07) is 6.08. The highest BCUT2D eigenvalue weighted by molar-refractivity contribution is 7.91. The first-order valence-corrected chi connectivity index (χ1v) is 9.09. The van der Waals surface area contributed by atoms with Gasteiger partial charge in [0.25, 0.3) is 0 Å². The van der Waals surface area contributed by atoms with Crippen molar-refractivity contribution < 1.29 is 8.42 Å². The molecule has 1 aliphatic heterocycles. The summed E-state index contributed by atoms with van der Waals surface area (Å²) in [4.78, 5) is 4.62. The minimum Gasteiger partial charge on any atom is -0.324 e. The van der Waals surface area contributed by atoms with Crippen molar-refractivity contribution >= 4 is 32.5 Å². The molecular weight excluding hydrogens is 296 g/mol. The van der Waals surface area contributed by atoms with E-state index in [0.717, 1.165) is 22.4 Å². The fourth-order valence-electron chi connectivity index (χ4n) is 2.90. The summed E-state index contributed by atoms with van der Waals surface area (Å²) < 4.78 is 25.6. The summed E-state index contributed by atoms with van der Waals surface area (Å²) in [6.45, 7) is 2.03. The minimum absolute atomic E-state index is 0.00924. The van der Waals surface area contributed by atoms with Crippen molar-refractivity contribution in [1.29, 1.82) is 0 Å². The van der Waals surface area contributed by atoms with E-state index < -0.39 is 9.84 Å². The van der Waals surface area contributed by atoms with Crippen LogP contribution in [0, 0.1) is 6.92 Å². The Bertz CT molecular complexity index is 752. The molecule has 0 spiro atoms. The second-order valence-corrected chi connectivity index (χ2v) is 7.99. The van der Waals surface area contributed by atoms with Gasteiger partial charge in [-0.3, -0.25) is 0 Å². The summed E-state index contributed by atoms with van der Waals surface area (Å²) in [5.74, 6) is 1.86. The van der Waals surface area contributed by atoms with Crippen molar-refractivity contribution in [2.75, 3.05) is 17.4 Å². The topological polar surface area (TPSA) is 52.0 Å². The van der Waals surface area contributed by atoms with Crippen LogP contribution in [0.15, 0.2) is 18.2 Å². The Hall–Kier alpha value is -1.07. The quantitative estimate of drug-likeness (QED) is 0.818. The summed E-state index contributed by atoms with van der Waals surface area (Å²) >= 11 is 5.86. The fourth-order valence-corrected chi connectivity index (χ4v) is 4.77. The standard InChI is InChI=1S/C14H17ClN2O2S/c1-10-2-3-12-13(8-10)17(14(16-12)4-6-15)11-5-7-20(18,19)9-11/h2-3,8,11H,4-7,9H2,1H3. The van der Waals surface area contributed by atoms with Crippen molar-refractivity contribution in [1.82, 2.24) is 9.55 Å². The van der Waals surface area contributed by atoms with Gasteiger partial charge in [-0.1, -0.05) is 6.07 Å². The summed E-state index contributed by atoms with van der Waals surface area (Å²) in [5, 5.41) is 0. The van der Waals surface area contributed by atoms with Crippen molar-refractivity contribution in [2.24, 2.45) is 0 Å². The second kappa shape index (κ2) is 5.04. The van der Waals surface area contributed by atoms with Crippen LogP contribution in [0.5, 0.6) is 0 Å². The molecule has 2 aromatic rings. The van der Waals surface area contributed by atoms with E-state index in [1.807, 2.05) is 19.1 Å². The van der Waals surface area contributed by atoms with Gasteiger partial charge < -0.3 is 4.57 Å². The molecule has 4 nitrogen and oxygen atoms in total. The van der Waals surface area contributed by atoms with Crippen LogP contribution in [0.2, 0.25) is 0 Å². The minimum atomic E-state index is -2.91. The van der Waals surface area contributed by atoms with Gasteiger partial charge in [0.2, 0.25) is 0 Å². The first kappa shape index (κ1) is 13.9. The zero-order chi connectivity index (χ0) is 14.3. The number of alkyl halides is 1. The Balaban J connectivity index is 2.15. The van der Waals surface area contributed by atoms with E-state index in [9.17, 15) is 8.42 Å². The molecule has 1 aliphatic rings. The van der Waals surface area contributed by atoms with Crippen LogP contribution in [0.1, 0.15) is 23.9 Å². The van der Waals surface area contributed by atoms with Gasteiger partial charge in [-0.25, -0.2) is 13.4 Å². The molecule has 20 heavy (non-hydrogen) atoms. The molecule has 0 amide bonds. The Kier molecular flexibility index (Phi) is 3.50. The molecule has 6 heteroatoms. The van der Waals surface area contributed by atoms with E-state index in [-0.39, 0.29) is 17.5 Å². The normalized spacial score (nSPS) is 21.6. The molecule has 0 bridgehead atoms. The Morgan fingerprint density at radius 1 is 1.45 bits per heavy atom. The number of halogens is 1. The van der Waals surface area contributed by atoms with Crippen molar-refractivity contribution in [3.05, 3.63) is 29.6 Å². The number of imidazole rings is 1. The second-order valence-electron chi connectivity index (χ2n) is 5.39. The molecular formula is C14H17ClN2O2S. The Morgan fingerprint density at radius 2 is 2.25 bits per heavy atom. The number of aryl methyl sites for hydroxylation is 2. The lowest BCUT2D eigenvalue weighted by Gasteiger charge is -2.15. The van der Waals surface area contributed by atoms with Crippen LogP contribution >= 0.6 is 11.6 Å². The van der Waals surface area contributed by atoms with Crippen LogP contribution < -0.4 is 0 Å². The van der Waals surface area contributed by atoms with Crippen molar-refractivity contribution in [3.63, 3.8) is 0 Å². The lowest BCUT2D eigenvalue weighted by Crippen LogP contribution is -2.14. The van der Waals surface area contributed by atoms with E-state index in [1.165, 1.54) is 0 Å². The number of rotatable bonds is 3. The van der Waals surface area contributed by atoms with E-state index >= 15 is 0 Å². The zero-order valence-electron chi connectivity index (χ0n) is 11.3. The van der Waals surface area contributed by atoms with Gasteiger partial charge in [-0.2, -0.15) is 0 Å². The first-order chi connectivity index (χ1) is 9.50. The average molecular weight is 313 g/mol. The number of hydrogen-bond donors (Lipinski definition) is 0. The predicted molar refractivity (Wildman–Crippen MR) is 81.2 cm³/mol. The summed E-state index contributed by atoms with van der Waals surface area (Å²) in [7, 11) is -2.91. The SMILES string of the molecule is Cc1ccc2nc(CCCl)n(C3CCS(=O)(=O)C3)c2c1. The van der Waals surface area contributed by atoms with E-state index in [0.29, 0.717) is 18.7 Å². The summed E-state index contributed by atoms with van der Waals surface area (Å²) in [6.07, 6.45) is 1.32. The molecule has 2 heterocycles. The molecule has 0 aliphatic carbocycles. The molecule has 3 rings (SSSR count). The van der Waals surface area contributed by atoms with Crippen LogP contribution in [-0.4, -0.2) is 35.4 Å². The predicted octanol–water partition coefficient (Wildman–Crippen LogP) is 2.49. The van der Waals surface area contributed by atoms with E-state index in [1.54, 1.807) is 0 Å². The molecule has 1 unspecified atom stereocenters. The van der Waals surface area contributed by atoms with E-state index in [2.05, 4.69) is 15.6 Å². The lowest BCUT2D eigenvalue weighted by atomic mass is 10.2. The maximum atomic E-state index is 11.7. The van der Waals surface area contributed by atoms with Gasteiger partial charge in [0.15, 0.2) is 9.84 Å². The van der Waals surface area contributed by atoms with Gasteiger partial charge in [-0.15, -0.1) is 11.6 Å². The number of aromatic nitrogens is 2. The van der Waals surface area contributed by atoms with Gasteiger partial charge in [-0.05, 0) is 31.0 Å². The maximum absolute atomic E-state index is 11.7. The van der Waals surface area contributed by atoms with Gasteiger partial charge >= 0.3 is 0 Å². The Morgan fingerprint density at radius 3 is 2.90 bits per heavy atom. The number of fused-ring (bicyclic) bond motifs is 1. The smallest absolute Gasteiger partial charge is 0.152 e. The third-order valence-corrected chi connectivity index (χ3v) is 5.75. The molecule has 0 N–H and O–H groups in total. The zero-order valence-corrected chi connectivity index (χ0v) is 12.9. The molecule has 1 fully saturated rings. The van der Waals surface area contributed by atoms with Gasteiger partial charge in [0, 0.05) is 12.3 Å². The highest BCUT2D eigenvalue weighted by atomic mass is 35.5. The highest BCUT2D eigenvalue weighted by Gasteiger charge is 2.31. The molecule has 108 valence electrons. The molecule has 0 saturated carbocycles. The van der Waals surface area contributed by atoms with Crippen molar-refractivity contribution in [2.45, 2.75) is 25.8 Å². The van der Waals surface area contributed by atoms with Crippen molar-refractivity contribution in [3.8, 4) is 0 Å². The number of hydrogen-bond acceptors (Lipinski definition) is 3. The molecule has 1 saturated heterocycles. The number of nitrogens with zero attached hydrogens (tertiary/aromatic N) is 2. The maximum Gasteiger partial charge on any atom is 0.152 e. The average Bonchev–Trinajstić information content (AvgIpc) is 2.89. The molecule has 1 atom stereocenters. The third-order valence-electron chi connectivity index (χ3n) is 3.81. The largest absolute Gasteiger partial charge is 0.324 e. The Labute approximate surface area is 123 Å². The lowest BCUT2D eigenvalue weighted by molar-refractivity contribution is 0.548. The monoisotopic (exact) mass is 312 g/mol. The first-order valence-electron chi connectivity index (χ1n) is 6.74. The molecule has 1 aromatic heterocycles. The molecule has 1 aromatic carbocycles. The molecule has 0 radical (unpaired) electrons. The van der Waals surface area contributed by atoms with Gasteiger partial charge in [0.1, 0.15) is 5.82 Å². The van der Waals surface area contributed by atoms with Crippen LogP contribution in [-0.2, 0) is 16.3 Å². The number of benzene rings is 1. The third kappa shape index (κ3) is 2.44. The number of sulfone groups is 1.